The van der Waals surface area contributed by atoms with Gasteiger partial charge in [-0.05, 0) is 36.8 Å². The summed E-state index contributed by atoms with van der Waals surface area (Å²) in [6.07, 6.45) is 0. The van der Waals surface area contributed by atoms with Crippen molar-refractivity contribution in [2.24, 2.45) is 4.99 Å². The molecule has 0 saturated heterocycles. The van der Waals surface area contributed by atoms with Crippen LogP contribution in [-0.4, -0.2) is 19.6 Å². The number of halogens is 2. The van der Waals surface area contributed by atoms with Crippen LogP contribution in [-0.2, 0) is 13.1 Å². The molecule has 0 radical (unpaired) electrons. The second-order valence-electron chi connectivity index (χ2n) is 5.31. The molecule has 0 spiro atoms. The van der Waals surface area contributed by atoms with Crippen molar-refractivity contribution in [2.75, 3.05) is 13.7 Å². The summed E-state index contributed by atoms with van der Waals surface area (Å²) < 4.78 is 19.1. The number of guanidine groups is 1. The molecule has 2 rings (SSSR count). The van der Waals surface area contributed by atoms with Crippen molar-refractivity contribution in [2.45, 2.75) is 20.0 Å². The van der Waals surface area contributed by atoms with E-state index in [1.165, 1.54) is 6.07 Å². The summed E-state index contributed by atoms with van der Waals surface area (Å²) in [5.41, 5.74) is 1.83. The lowest BCUT2D eigenvalue weighted by atomic mass is 10.1. The van der Waals surface area contributed by atoms with Gasteiger partial charge in [0.15, 0.2) is 5.96 Å². The molecule has 0 amide bonds. The number of benzene rings is 2. The normalized spacial score (nSPS) is 10.5. The van der Waals surface area contributed by atoms with Gasteiger partial charge in [0, 0.05) is 18.7 Å². The number of aliphatic imine (C=N–C) groups is 1. The van der Waals surface area contributed by atoms with Gasteiger partial charge in [-0.3, -0.25) is 0 Å². The van der Waals surface area contributed by atoms with E-state index in [1.807, 2.05) is 37.3 Å². The smallest absolute Gasteiger partial charge is 0.191 e. The zero-order valence-corrected chi connectivity index (χ0v) is 17.1. The summed E-state index contributed by atoms with van der Waals surface area (Å²) in [5, 5.41) is 15.0. The molecule has 0 aromatic heterocycles. The lowest BCUT2D eigenvalue weighted by molar-refractivity contribution is 0.414. The van der Waals surface area contributed by atoms with Crippen LogP contribution >= 0.6 is 24.0 Å². The summed E-state index contributed by atoms with van der Waals surface area (Å²) >= 11 is 0. The first-order valence-electron chi connectivity index (χ1n) is 8.00. The van der Waals surface area contributed by atoms with E-state index >= 15 is 0 Å². The standard InChI is InChI=1S/C19H21FN4O.HI/c1-3-22-19(23-12-14-5-8-17(25-2)9-6-14)24-13-16-7-4-15(11-21)10-18(16)20;/h4-10H,3,12-13H2,1-2H3,(H2,22,23,24);1H. The van der Waals surface area contributed by atoms with E-state index < -0.39 is 5.82 Å². The average molecular weight is 468 g/mol. The number of hydrogen-bond donors (Lipinski definition) is 2. The Morgan fingerprint density at radius 3 is 2.50 bits per heavy atom. The number of nitrogens with zero attached hydrogens (tertiary/aromatic N) is 2. The van der Waals surface area contributed by atoms with E-state index in [2.05, 4.69) is 15.6 Å². The van der Waals surface area contributed by atoms with Crippen LogP contribution in [0.15, 0.2) is 47.5 Å². The number of ether oxygens (including phenoxy) is 1. The van der Waals surface area contributed by atoms with Crippen molar-refractivity contribution < 1.29 is 9.13 Å². The molecular formula is C19H22FIN4O. The summed E-state index contributed by atoms with van der Waals surface area (Å²) in [6, 6.07) is 14.0. The first-order valence-corrected chi connectivity index (χ1v) is 8.00. The van der Waals surface area contributed by atoms with Crippen LogP contribution in [0.5, 0.6) is 5.75 Å². The molecule has 2 N–H and O–H groups in total. The highest BCUT2D eigenvalue weighted by Crippen LogP contribution is 2.12. The third-order valence-corrected chi connectivity index (χ3v) is 3.55. The van der Waals surface area contributed by atoms with Crippen molar-refractivity contribution in [3.8, 4) is 11.8 Å². The van der Waals surface area contributed by atoms with Crippen molar-refractivity contribution in [3.05, 3.63) is 65.0 Å². The Balaban J connectivity index is 0.00000338. The Bertz CT molecular complexity index is 772. The van der Waals surface area contributed by atoms with Gasteiger partial charge >= 0.3 is 0 Å². The largest absolute Gasteiger partial charge is 0.497 e. The van der Waals surface area contributed by atoms with Gasteiger partial charge in [0.05, 0.1) is 25.3 Å². The van der Waals surface area contributed by atoms with Gasteiger partial charge in [-0.25, -0.2) is 9.38 Å². The Kier molecular flexibility index (Phi) is 9.44. The third-order valence-electron chi connectivity index (χ3n) is 3.55. The number of rotatable bonds is 6. The number of nitriles is 1. The molecule has 2 aromatic carbocycles. The van der Waals surface area contributed by atoms with Crippen molar-refractivity contribution in [1.82, 2.24) is 10.6 Å². The summed E-state index contributed by atoms with van der Waals surface area (Å²) in [7, 11) is 1.63. The molecule has 0 atom stereocenters. The second-order valence-corrected chi connectivity index (χ2v) is 5.31. The summed E-state index contributed by atoms with van der Waals surface area (Å²) in [6.45, 7) is 3.44. The van der Waals surface area contributed by atoms with Gasteiger partial charge in [0.1, 0.15) is 11.6 Å². The Hall–Kier alpha value is -2.34. The minimum Gasteiger partial charge on any atom is -0.497 e. The van der Waals surface area contributed by atoms with Gasteiger partial charge in [0.25, 0.3) is 0 Å². The summed E-state index contributed by atoms with van der Waals surface area (Å²) in [4.78, 5) is 4.50. The van der Waals surface area contributed by atoms with Crippen LogP contribution < -0.4 is 15.4 Å². The topological polar surface area (TPSA) is 69.4 Å². The molecule has 0 aliphatic heterocycles. The van der Waals surface area contributed by atoms with Gasteiger partial charge in [-0.2, -0.15) is 5.26 Å². The molecule has 0 saturated carbocycles. The predicted octanol–water partition coefficient (Wildman–Crippen LogP) is 3.58. The second kappa shape index (κ2) is 11.3. The first-order chi connectivity index (χ1) is 12.2. The SMILES string of the molecule is CCNC(=NCc1ccc(OC)cc1)NCc1ccc(C#N)cc1F.I. The Morgan fingerprint density at radius 1 is 1.19 bits per heavy atom. The quantitative estimate of drug-likeness (QED) is 0.387. The van der Waals surface area contributed by atoms with Crippen molar-refractivity contribution >= 4 is 29.9 Å². The van der Waals surface area contributed by atoms with Gasteiger partial charge in [0.2, 0.25) is 0 Å². The molecule has 0 bridgehead atoms. The van der Waals surface area contributed by atoms with Crippen LogP contribution in [0.4, 0.5) is 4.39 Å². The highest BCUT2D eigenvalue weighted by atomic mass is 127. The minimum absolute atomic E-state index is 0. The average Bonchev–Trinajstić information content (AvgIpc) is 2.65. The maximum atomic E-state index is 13.9. The van der Waals surface area contributed by atoms with E-state index in [1.54, 1.807) is 19.2 Å². The fraction of sp³-hybridized carbons (Fsp3) is 0.263. The number of nitrogens with one attached hydrogen (secondary N) is 2. The Labute approximate surface area is 170 Å². The number of hydrogen-bond acceptors (Lipinski definition) is 3. The molecule has 0 unspecified atom stereocenters. The zero-order valence-electron chi connectivity index (χ0n) is 14.8. The lowest BCUT2D eigenvalue weighted by Gasteiger charge is -2.12. The highest BCUT2D eigenvalue weighted by molar-refractivity contribution is 14.0. The molecule has 138 valence electrons. The molecule has 26 heavy (non-hydrogen) atoms. The molecule has 7 heteroatoms. The van der Waals surface area contributed by atoms with Crippen LogP contribution in [0.1, 0.15) is 23.6 Å². The maximum Gasteiger partial charge on any atom is 0.191 e. The fourth-order valence-corrected chi connectivity index (χ4v) is 2.18. The molecule has 2 aromatic rings. The highest BCUT2D eigenvalue weighted by Gasteiger charge is 2.05. The van der Waals surface area contributed by atoms with Crippen LogP contribution in [0, 0.1) is 17.1 Å². The molecule has 0 aliphatic carbocycles. The van der Waals surface area contributed by atoms with E-state index in [9.17, 15) is 4.39 Å². The monoisotopic (exact) mass is 468 g/mol. The van der Waals surface area contributed by atoms with Gasteiger partial charge in [-0.1, -0.05) is 18.2 Å². The van der Waals surface area contributed by atoms with E-state index in [4.69, 9.17) is 10.00 Å². The summed E-state index contributed by atoms with van der Waals surface area (Å²) in [5.74, 6) is 0.994. The number of methoxy groups -OCH3 is 1. The van der Waals surface area contributed by atoms with Gasteiger partial charge < -0.3 is 15.4 Å². The first kappa shape index (κ1) is 21.7. The van der Waals surface area contributed by atoms with Gasteiger partial charge in [-0.15, -0.1) is 24.0 Å². The van der Waals surface area contributed by atoms with Crippen LogP contribution in [0.25, 0.3) is 0 Å². The molecule has 5 nitrogen and oxygen atoms in total. The Morgan fingerprint density at radius 2 is 1.92 bits per heavy atom. The predicted molar refractivity (Wildman–Crippen MR) is 111 cm³/mol. The third kappa shape index (κ3) is 6.52. The van der Waals surface area contributed by atoms with E-state index in [0.29, 0.717) is 30.2 Å². The van der Waals surface area contributed by atoms with Crippen LogP contribution in [0.2, 0.25) is 0 Å². The molecule has 0 fully saturated rings. The lowest BCUT2D eigenvalue weighted by Crippen LogP contribution is -2.37. The van der Waals surface area contributed by atoms with Crippen LogP contribution in [0.3, 0.4) is 0 Å². The maximum absolute atomic E-state index is 13.9. The van der Waals surface area contributed by atoms with E-state index in [-0.39, 0.29) is 30.5 Å². The fourth-order valence-electron chi connectivity index (χ4n) is 2.18. The molecule has 0 heterocycles. The molecule has 0 aliphatic rings. The van der Waals surface area contributed by atoms with E-state index in [0.717, 1.165) is 11.3 Å². The van der Waals surface area contributed by atoms with Crippen molar-refractivity contribution in [1.29, 1.82) is 5.26 Å². The molecular weight excluding hydrogens is 446 g/mol. The zero-order chi connectivity index (χ0) is 18.1. The minimum atomic E-state index is -0.405. The van der Waals surface area contributed by atoms with Crippen molar-refractivity contribution in [3.63, 3.8) is 0 Å².